The first-order valence-corrected chi connectivity index (χ1v) is 8.45. The van der Waals surface area contributed by atoms with E-state index in [1.807, 2.05) is 24.3 Å². The van der Waals surface area contributed by atoms with E-state index in [-0.39, 0.29) is 31.2 Å². The number of hydrogen-bond donors (Lipinski definition) is 1. The van der Waals surface area contributed by atoms with Gasteiger partial charge in [-0.25, -0.2) is 0 Å². The summed E-state index contributed by atoms with van der Waals surface area (Å²) in [6.45, 7) is 1.51. The maximum atomic E-state index is 12.4. The van der Waals surface area contributed by atoms with Crippen LogP contribution in [0.25, 0.3) is 0 Å². The number of carboxylic acids is 1. The molecule has 2 heterocycles. The Bertz CT molecular complexity index is 658. The van der Waals surface area contributed by atoms with Crippen LogP contribution < -0.4 is 4.90 Å². The zero-order chi connectivity index (χ0) is 17.1. The fourth-order valence-electron chi connectivity index (χ4n) is 3.51. The van der Waals surface area contributed by atoms with E-state index in [0.717, 1.165) is 17.7 Å². The number of likely N-dealkylation sites (tertiary alicyclic amines) is 1. The van der Waals surface area contributed by atoms with Gasteiger partial charge in [-0.05, 0) is 30.9 Å². The third-order valence-electron chi connectivity index (χ3n) is 4.86. The molecule has 3 rings (SSSR count). The van der Waals surface area contributed by atoms with E-state index in [9.17, 15) is 14.4 Å². The summed E-state index contributed by atoms with van der Waals surface area (Å²) in [6.07, 6.45) is 2.48. The molecule has 2 aliphatic heterocycles. The molecule has 0 spiro atoms. The predicted molar refractivity (Wildman–Crippen MR) is 88.7 cm³/mol. The molecule has 1 aromatic rings. The summed E-state index contributed by atoms with van der Waals surface area (Å²) in [6, 6.07) is 7.83. The summed E-state index contributed by atoms with van der Waals surface area (Å²) in [4.78, 5) is 39.1. The Balaban J connectivity index is 1.53. The number of benzene rings is 1. The van der Waals surface area contributed by atoms with E-state index < -0.39 is 11.9 Å². The van der Waals surface area contributed by atoms with Crippen LogP contribution in [0.2, 0.25) is 0 Å². The average molecular weight is 330 g/mol. The number of rotatable bonds is 4. The molecule has 0 bridgehead atoms. The van der Waals surface area contributed by atoms with Crippen LogP contribution in [-0.4, -0.2) is 47.4 Å². The van der Waals surface area contributed by atoms with E-state index in [1.165, 1.54) is 0 Å². The van der Waals surface area contributed by atoms with Crippen molar-refractivity contribution in [3.8, 4) is 0 Å². The van der Waals surface area contributed by atoms with Gasteiger partial charge in [0.05, 0.1) is 5.92 Å². The fraction of sp³-hybridized carbons (Fsp3) is 0.500. The molecule has 2 amide bonds. The molecule has 24 heavy (non-hydrogen) atoms. The number of anilines is 1. The number of carbonyl (C=O) groups is 3. The van der Waals surface area contributed by atoms with Crippen molar-refractivity contribution in [2.24, 2.45) is 5.92 Å². The summed E-state index contributed by atoms with van der Waals surface area (Å²) < 4.78 is 0. The lowest BCUT2D eigenvalue weighted by atomic mass is 9.98. The van der Waals surface area contributed by atoms with E-state index in [1.54, 1.807) is 9.80 Å². The molecule has 1 atom stereocenters. The topological polar surface area (TPSA) is 77.9 Å². The highest BCUT2D eigenvalue weighted by Gasteiger charge is 2.29. The summed E-state index contributed by atoms with van der Waals surface area (Å²) in [5.41, 5.74) is 2.11. The normalized spacial score (nSPS) is 19.9. The summed E-state index contributed by atoms with van der Waals surface area (Å²) >= 11 is 0. The van der Waals surface area contributed by atoms with Gasteiger partial charge in [0.15, 0.2) is 0 Å². The van der Waals surface area contributed by atoms with Crippen LogP contribution >= 0.6 is 0 Å². The second kappa shape index (κ2) is 7.03. The van der Waals surface area contributed by atoms with Crippen molar-refractivity contribution >= 4 is 23.5 Å². The van der Waals surface area contributed by atoms with Gasteiger partial charge < -0.3 is 14.9 Å². The Morgan fingerprint density at radius 3 is 2.62 bits per heavy atom. The molecule has 6 heteroatoms. The highest BCUT2D eigenvalue weighted by Crippen LogP contribution is 2.28. The molecule has 0 radical (unpaired) electrons. The Morgan fingerprint density at radius 2 is 1.83 bits per heavy atom. The van der Waals surface area contributed by atoms with Gasteiger partial charge in [0, 0.05) is 38.2 Å². The van der Waals surface area contributed by atoms with E-state index >= 15 is 0 Å². The first-order valence-electron chi connectivity index (χ1n) is 8.45. The molecule has 6 nitrogen and oxygen atoms in total. The van der Waals surface area contributed by atoms with Crippen LogP contribution in [0.1, 0.15) is 31.2 Å². The lowest BCUT2D eigenvalue weighted by Crippen LogP contribution is -2.42. The molecule has 128 valence electrons. The smallest absolute Gasteiger partial charge is 0.308 e. The summed E-state index contributed by atoms with van der Waals surface area (Å²) in [5, 5.41) is 9.09. The Morgan fingerprint density at radius 1 is 1.08 bits per heavy atom. The third kappa shape index (κ3) is 3.42. The molecule has 0 aromatic heterocycles. The molecule has 1 aromatic carbocycles. The van der Waals surface area contributed by atoms with E-state index in [0.29, 0.717) is 25.9 Å². The Kier molecular flexibility index (Phi) is 4.83. The second-order valence-electron chi connectivity index (χ2n) is 6.44. The van der Waals surface area contributed by atoms with Gasteiger partial charge in [0.2, 0.25) is 11.8 Å². The number of fused-ring (bicyclic) bond motifs is 1. The van der Waals surface area contributed by atoms with Crippen LogP contribution in [0.15, 0.2) is 24.3 Å². The Hall–Kier alpha value is -2.37. The molecule has 0 unspecified atom stereocenters. The minimum Gasteiger partial charge on any atom is -0.481 e. The van der Waals surface area contributed by atoms with Crippen molar-refractivity contribution in [2.45, 2.75) is 32.1 Å². The van der Waals surface area contributed by atoms with Gasteiger partial charge in [-0.3, -0.25) is 14.4 Å². The van der Waals surface area contributed by atoms with Crippen LogP contribution in [-0.2, 0) is 20.8 Å². The Labute approximate surface area is 141 Å². The number of piperidine rings is 1. The number of aliphatic carboxylic acids is 1. The second-order valence-corrected chi connectivity index (χ2v) is 6.44. The van der Waals surface area contributed by atoms with Crippen molar-refractivity contribution in [1.82, 2.24) is 4.90 Å². The van der Waals surface area contributed by atoms with Crippen molar-refractivity contribution < 1.29 is 19.5 Å². The number of carbonyl (C=O) groups excluding carboxylic acids is 2. The van der Waals surface area contributed by atoms with Crippen molar-refractivity contribution in [2.75, 3.05) is 24.5 Å². The molecule has 0 aliphatic carbocycles. The number of nitrogens with zero attached hydrogens (tertiary/aromatic N) is 2. The van der Waals surface area contributed by atoms with Crippen molar-refractivity contribution in [1.29, 1.82) is 0 Å². The number of para-hydroxylation sites is 1. The van der Waals surface area contributed by atoms with Gasteiger partial charge in [0.25, 0.3) is 0 Å². The molecule has 0 saturated carbocycles. The lowest BCUT2D eigenvalue weighted by Gasteiger charge is -2.30. The standard InChI is InChI=1S/C18H22N2O4/c21-16(19-10-3-5-14(12-19)18(23)24)7-8-17(22)20-11-9-13-4-1-2-6-15(13)20/h1-2,4,6,14H,3,5,7-12H2,(H,23,24)/t14-/m1/s1. The van der Waals surface area contributed by atoms with Crippen LogP contribution in [0.3, 0.4) is 0 Å². The van der Waals surface area contributed by atoms with Crippen LogP contribution in [0, 0.1) is 5.92 Å². The minimum atomic E-state index is -0.850. The highest BCUT2D eigenvalue weighted by molar-refractivity contribution is 5.97. The zero-order valence-electron chi connectivity index (χ0n) is 13.6. The molecule has 2 aliphatic rings. The molecular formula is C18H22N2O4. The average Bonchev–Trinajstić information content (AvgIpc) is 3.03. The van der Waals surface area contributed by atoms with Gasteiger partial charge in [-0.2, -0.15) is 0 Å². The maximum absolute atomic E-state index is 12.4. The number of hydrogen-bond acceptors (Lipinski definition) is 3. The number of carboxylic acid groups (broad SMARTS) is 1. The summed E-state index contributed by atoms with van der Waals surface area (Å²) in [7, 11) is 0. The van der Waals surface area contributed by atoms with Gasteiger partial charge in [-0.1, -0.05) is 18.2 Å². The summed E-state index contributed by atoms with van der Waals surface area (Å²) in [5.74, 6) is -1.50. The predicted octanol–water partition coefficient (Wildman–Crippen LogP) is 1.68. The first-order chi connectivity index (χ1) is 11.6. The largest absolute Gasteiger partial charge is 0.481 e. The molecular weight excluding hydrogens is 308 g/mol. The first kappa shape index (κ1) is 16.5. The molecule has 1 fully saturated rings. The SMILES string of the molecule is O=C(O)[C@@H]1CCCN(C(=O)CCC(=O)N2CCc3ccccc32)C1. The van der Waals surface area contributed by atoms with E-state index in [2.05, 4.69) is 0 Å². The van der Waals surface area contributed by atoms with Crippen molar-refractivity contribution in [3.63, 3.8) is 0 Å². The number of amides is 2. The van der Waals surface area contributed by atoms with E-state index in [4.69, 9.17) is 5.11 Å². The van der Waals surface area contributed by atoms with Crippen LogP contribution in [0.5, 0.6) is 0 Å². The third-order valence-corrected chi connectivity index (χ3v) is 4.86. The monoisotopic (exact) mass is 330 g/mol. The fourth-order valence-corrected chi connectivity index (χ4v) is 3.51. The highest BCUT2D eigenvalue weighted by atomic mass is 16.4. The molecule has 1 saturated heterocycles. The lowest BCUT2D eigenvalue weighted by molar-refractivity contribution is -0.146. The van der Waals surface area contributed by atoms with Crippen LogP contribution in [0.4, 0.5) is 5.69 Å². The quantitative estimate of drug-likeness (QED) is 0.911. The van der Waals surface area contributed by atoms with Gasteiger partial charge >= 0.3 is 5.97 Å². The van der Waals surface area contributed by atoms with Gasteiger partial charge in [0.1, 0.15) is 0 Å². The van der Waals surface area contributed by atoms with Crippen molar-refractivity contribution in [3.05, 3.63) is 29.8 Å². The minimum absolute atomic E-state index is 0.0416. The van der Waals surface area contributed by atoms with Gasteiger partial charge in [-0.15, -0.1) is 0 Å². The zero-order valence-corrected chi connectivity index (χ0v) is 13.6. The molecule has 1 N–H and O–H groups in total. The maximum Gasteiger partial charge on any atom is 0.308 e.